The fraction of sp³-hybridized carbons (Fsp3) is 0.278. The van der Waals surface area contributed by atoms with Gasteiger partial charge in [0.1, 0.15) is 18.1 Å². The molecule has 22 heavy (non-hydrogen) atoms. The first-order chi connectivity index (χ1) is 10.6. The molecule has 0 fully saturated rings. The lowest BCUT2D eigenvalue weighted by Crippen LogP contribution is -2.37. The number of amides is 1. The van der Waals surface area contributed by atoms with Crippen molar-refractivity contribution in [2.75, 3.05) is 13.7 Å². The number of rotatable bonds is 6. The van der Waals surface area contributed by atoms with E-state index in [4.69, 9.17) is 9.47 Å². The van der Waals surface area contributed by atoms with Crippen molar-refractivity contribution < 1.29 is 14.3 Å². The molecule has 116 valence electrons. The summed E-state index contributed by atoms with van der Waals surface area (Å²) in [5, 5.41) is 2.92. The summed E-state index contributed by atoms with van der Waals surface area (Å²) in [4.78, 5) is 12.3. The van der Waals surface area contributed by atoms with E-state index >= 15 is 0 Å². The Kier molecular flexibility index (Phi) is 5.42. The van der Waals surface area contributed by atoms with Crippen LogP contribution in [-0.2, 0) is 0 Å². The van der Waals surface area contributed by atoms with Gasteiger partial charge in [-0.05, 0) is 37.6 Å². The second-order valence-corrected chi connectivity index (χ2v) is 5.15. The second-order valence-electron chi connectivity index (χ2n) is 5.15. The minimum Gasteiger partial charge on any atom is -0.496 e. The number of benzene rings is 2. The number of methoxy groups -OCH3 is 1. The van der Waals surface area contributed by atoms with Crippen molar-refractivity contribution in [1.29, 1.82) is 0 Å². The number of hydrogen-bond donors (Lipinski definition) is 1. The molecule has 0 aliphatic rings. The van der Waals surface area contributed by atoms with Crippen molar-refractivity contribution in [3.63, 3.8) is 0 Å². The zero-order valence-electron chi connectivity index (χ0n) is 13.1. The summed E-state index contributed by atoms with van der Waals surface area (Å²) in [6.45, 7) is 4.31. The van der Waals surface area contributed by atoms with Crippen LogP contribution in [0.25, 0.3) is 0 Å². The summed E-state index contributed by atoms with van der Waals surface area (Å²) in [5.74, 6) is 1.23. The highest BCUT2D eigenvalue weighted by Crippen LogP contribution is 2.18. The number of para-hydroxylation sites is 2. The van der Waals surface area contributed by atoms with Crippen molar-refractivity contribution in [1.82, 2.24) is 5.32 Å². The molecule has 0 aliphatic heterocycles. The van der Waals surface area contributed by atoms with Crippen LogP contribution in [0.4, 0.5) is 0 Å². The molecule has 2 aromatic carbocycles. The zero-order valence-corrected chi connectivity index (χ0v) is 13.1. The summed E-state index contributed by atoms with van der Waals surface area (Å²) in [6, 6.07) is 14.9. The smallest absolute Gasteiger partial charge is 0.255 e. The Morgan fingerprint density at radius 3 is 2.41 bits per heavy atom. The molecule has 4 heteroatoms. The fourth-order valence-electron chi connectivity index (χ4n) is 2.11. The number of aryl methyl sites for hydroxylation is 1. The standard InChI is InChI=1S/C18H21NO3/c1-13-8-4-6-10-16(13)22-12-14(2)19-18(20)15-9-5-7-11-17(15)21-3/h4-11,14H,12H2,1-3H3,(H,19,20)/t14-/m0/s1. The maximum atomic E-state index is 12.3. The summed E-state index contributed by atoms with van der Waals surface area (Å²) in [6.07, 6.45) is 0. The van der Waals surface area contributed by atoms with E-state index in [0.717, 1.165) is 11.3 Å². The third kappa shape index (κ3) is 4.01. The molecule has 1 N–H and O–H groups in total. The van der Waals surface area contributed by atoms with E-state index in [1.807, 2.05) is 50.2 Å². The molecule has 0 saturated heterocycles. The summed E-state index contributed by atoms with van der Waals surface area (Å²) < 4.78 is 10.9. The first-order valence-corrected chi connectivity index (χ1v) is 7.24. The minimum absolute atomic E-state index is 0.114. The van der Waals surface area contributed by atoms with E-state index < -0.39 is 0 Å². The van der Waals surface area contributed by atoms with Crippen molar-refractivity contribution in [2.24, 2.45) is 0 Å². The largest absolute Gasteiger partial charge is 0.496 e. The van der Waals surface area contributed by atoms with Crippen LogP contribution in [0.2, 0.25) is 0 Å². The van der Waals surface area contributed by atoms with Crippen LogP contribution in [0.5, 0.6) is 11.5 Å². The molecule has 0 aromatic heterocycles. The highest BCUT2D eigenvalue weighted by Gasteiger charge is 2.14. The molecule has 0 unspecified atom stereocenters. The summed E-state index contributed by atoms with van der Waals surface area (Å²) in [5.41, 5.74) is 1.60. The topological polar surface area (TPSA) is 47.6 Å². The Hall–Kier alpha value is -2.49. The fourth-order valence-corrected chi connectivity index (χ4v) is 2.11. The van der Waals surface area contributed by atoms with Crippen LogP contribution in [0.1, 0.15) is 22.8 Å². The molecule has 0 aliphatic carbocycles. The normalized spacial score (nSPS) is 11.6. The number of ether oxygens (including phenoxy) is 2. The summed E-state index contributed by atoms with van der Waals surface area (Å²) in [7, 11) is 1.55. The third-order valence-electron chi connectivity index (χ3n) is 3.31. The van der Waals surface area contributed by atoms with Gasteiger partial charge in [-0.1, -0.05) is 30.3 Å². The van der Waals surface area contributed by atoms with E-state index in [-0.39, 0.29) is 11.9 Å². The van der Waals surface area contributed by atoms with Gasteiger partial charge in [0.15, 0.2) is 0 Å². The van der Waals surface area contributed by atoms with Gasteiger partial charge in [-0.15, -0.1) is 0 Å². The van der Waals surface area contributed by atoms with Crippen LogP contribution in [0.15, 0.2) is 48.5 Å². The van der Waals surface area contributed by atoms with Crippen LogP contribution in [0, 0.1) is 6.92 Å². The molecule has 2 rings (SSSR count). The highest BCUT2D eigenvalue weighted by molar-refractivity contribution is 5.97. The Morgan fingerprint density at radius 1 is 1.09 bits per heavy atom. The van der Waals surface area contributed by atoms with Gasteiger partial charge in [-0.25, -0.2) is 0 Å². The average molecular weight is 299 g/mol. The summed E-state index contributed by atoms with van der Waals surface area (Å²) >= 11 is 0. The molecule has 1 atom stereocenters. The number of hydrogen-bond acceptors (Lipinski definition) is 3. The predicted molar refractivity (Wildman–Crippen MR) is 86.6 cm³/mol. The van der Waals surface area contributed by atoms with Gasteiger partial charge in [0.2, 0.25) is 0 Å². The number of carbonyl (C=O) groups is 1. The molecular formula is C18H21NO3. The molecule has 2 aromatic rings. The van der Waals surface area contributed by atoms with Crippen molar-refractivity contribution >= 4 is 5.91 Å². The van der Waals surface area contributed by atoms with Crippen LogP contribution in [0.3, 0.4) is 0 Å². The SMILES string of the molecule is COc1ccccc1C(=O)N[C@@H](C)COc1ccccc1C. The molecule has 4 nitrogen and oxygen atoms in total. The Bertz CT molecular complexity index is 640. The van der Waals surface area contributed by atoms with Crippen LogP contribution < -0.4 is 14.8 Å². The number of carbonyl (C=O) groups excluding carboxylic acids is 1. The molecule has 0 radical (unpaired) electrons. The van der Waals surface area contributed by atoms with E-state index in [2.05, 4.69) is 5.32 Å². The molecule has 0 saturated carbocycles. The quantitative estimate of drug-likeness (QED) is 0.891. The van der Waals surface area contributed by atoms with E-state index in [1.165, 1.54) is 0 Å². The number of nitrogens with one attached hydrogen (secondary N) is 1. The zero-order chi connectivity index (χ0) is 15.9. The second kappa shape index (κ2) is 7.50. The molecule has 0 heterocycles. The highest BCUT2D eigenvalue weighted by atomic mass is 16.5. The first kappa shape index (κ1) is 15.9. The predicted octanol–water partition coefficient (Wildman–Crippen LogP) is 3.20. The maximum absolute atomic E-state index is 12.3. The first-order valence-electron chi connectivity index (χ1n) is 7.24. The average Bonchev–Trinajstić information content (AvgIpc) is 2.54. The molecule has 1 amide bonds. The lowest BCUT2D eigenvalue weighted by atomic mass is 10.1. The van der Waals surface area contributed by atoms with Gasteiger partial charge >= 0.3 is 0 Å². The Labute approximate surface area is 131 Å². The van der Waals surface area contributed by atoms with Gasteiger partial charge < -0.3 is 14.8 Å². The minimum atomic E-state index is -0.168. The van der Waals surface area contributed by atoms with Crippen molar-refractivity contribution in [2.45, 2.75) is 19.9 Å². The third-order valence-corrected chi connectivity index (χ3v) is 3.31. The lowest BCUT2D eigenvalue weighted by molar-refractivity contribution is 0.0923. The molecule has 0 spiro atoms. The van der Waals surface area contributed by atoms with Gasteiger partial charge in [0.05, 0.1) is 18.7 Å². The Morgan fingerprint density at radius 2 is 1.73 bits per heavy atom. The van der Waals surface area contributed by atoms with Crippen molar-refractivity contribution in [3.05, 3.63) is 59.7 Å². The maximum Gasteiger partial charge on any atom is 0.255 e. The monoisotopic (exact) mass is 299 g/mol. The van der Waals surface area contributed by atoms with E-state index in [1.54, 1.807) is 19.2 Å². The molecule has 0 bridgehead atoms. The van der Waals surface area contributed by atoms with Gasteiger partial charge in [0.25, 0.3) is 5.91 Å². The van der Waals surface area contributed by atoms with Crippen molar-refractivity contribution in [3.8, 4) is 11.5 Å². The van der Waals surface area contributed by atoms with E-state index in [0.29, 0.717) is 17.9 Å². The Balaban J connectivity index is 1.93. The van der Waals surface area contributed by atoms with Crippen LogP contribution >= 0.6 is 0 Å². The lowest BCUT2D eigenvalue weighted by Gasteiger charge is -2.17. The molecular weight excluding hydrogens is 278 g/mol. The van der Waals surface area contributed by atoms with E-state index in [9.17, 15) is 4.79 Å². The van der Waals surface area contributed by atoms with Gasteiger partial charge in [-0.2, -0.15) is 0 Å². The van der Waals surface area contributed by atoms with Crippen LogP contribution in [-0.4, -0.2) is 25.7 Å². The van der Waals surface area contributed by atoms with Gasteiger partial charge in [-0.3, -0.25) is 4.79 Å². The van der Waals surface area contributed by atoms with Gasteiger partial charge in [0, 0.05) is 0 Å².